The number of allylic oxidation sites excluding steroid dienone is 1. The zero-order valence-corrected chi connectivity index (χ0v) is 30.5. The minimum absolute atomic E-state index is 0.224. The summed E-state index contributed by atoms with van der Waals surface area (Å²) in [6.07, 6.45) is 7.93. The van der Waals surface area contributed by atoms with Crippen LogP contribution in [-0.4, -0.2) is 18.4 Å². The molecule has 5 heterocycles. The van der Waals surface area contributed by atoms with E-state index in [-0.39, 0.29) is 16.9 Å². The second kappa shape index (κ2) is 12.6. The van der Waals surface area contributed by atoms with Crippen molar-refractivity contribution in [1.82, 2.24) is 0 Å². The van der Waals surface area contributed by atoms with Gasteiger partial charge in [0.1, 0.15) is 17.3 Å². The predicted molar refractivity (Wildman–Crippen MR) is 197 cm³/mol. The van der Waals surface area contributed by atoms with Crippen molar-refractivity contribution in [2.75, 3.05) is 0 Å². The van der Waals surface area contributed by atoms with Gasteiger partial charge in [0.2, 0.25) is 5.75 Å². The monoisotopic (exact) mass is 698 g/mol. The minimum Gasteiger partial charge on any atom is -0.474 e. The van der Waals surface area contributed by atoms with Crippen molar-refractivity contribution in [3.63, 3.8) is 0 Å². The maximum absolute atomic E-state index is 11.9. The van der Waals surface area contributed by atoms with E-state index in [2.05, 4.69) is 51.1 Å². The minimum atomic E-state index is -0.538. The van der Waals surface area contributed by atoms with E-state index in [9.17, 15) is 4.79 Å². The van der Waals surface area contributed by atoms with E-state index < -0.39 is 12.3 Å². The summed E-state index contributed by atoms with van der Waals surface area (Å²) in [4.78, 5) is 11.9. The Kier molecular flexibility index (Phi) is 8.01. The number of fused-ring (bicyclic) bond motifs is 4. The highest BCUT2D eigenvalue weighted by Gasteiger charge is 2.56. The molecule has 0 radical (unpaired) electrons. The molecule has 0 spiro atoms. The third-order valence-electron chi connectivity index (χ3n) is 12.1. The van der Waals surface area contributed by atoms with Crippen molar-refractivity contribution in [3.8, 4) is 40.2 Å². The van der Waals surface area contributed by atoms with Gasteiger partial charge in [0, 0.05) is 18.9 Å². The Morgan fingerprint density at radius 2 is 1.50 bits per heavy atom. The number of hydrogen-bond acceptors (Lipinski definition) is 7. The number of rotatable bonds is 1. The fourth-order valence-electron chi connectivity index (χ4n) is 9.47. The number of benzene rings is 4. The molecule has 7 heteroatoms. The van der Waals surface area contributed by atoms with Gasteiger partial charge in [-0.1, -0.05) is 63.6 Å². The zero-order chi connectivity index (χ0) is 35.6. The van der Waals surface area contributed by atoms with E-state index >= 15 is 0 Å². The molecule has 2 aliphatic carbocycles. The number of ether oxygens (including phenoxy) is 6. The van der Waals surface area contributed by atoms with E-state index in [0.717, 1.165) is 78.0 Å². The van der Waals surface area contributed by atoms with Crippen LogP contribution in [0.2, 0.25) is 0 Å². The molecule has 0 aromatic heterocycles. The molecule has 8 bridgehead atoms. The lowest BCUT2D eigenvalue weighted by atomic mass is 9.51. The van der Waals surface area contributed by atoms with Crippen molar-refractivity contribution in [2.45, 2.75) is 97.9 Å². The third kappa shape index (κ3) is 6.08. The normalized spacial score (nSPS) is 25.4. The van der Waals surface area contributed by atoms with Gasteiger partial charge < -0.3 is 28.4 Å². The second-order valence-electron chi connectivity index (χ2n) is 16.3. The maximum atomic E-state index is 11.9. The Bertz CT molecular complexity index is 2080. The molecule has 4 atom stereocenters. The molecule has 0 unspecified atom stereocenters. The van der Waals surface area contributed by atoms with Crippen LogP contribution in [0.3, 0.4) is 0 Å². The van der Waals surface area contributed by atoms with E-state index in [1.165, 1.54) is 31.8 Å². The van der Waals surface area contributed by atoms with Gasteiger partial charge >= 0.3 is 5.97 Å². The van der Waals surface area contributed by atoms with Crippen LogP contribution in [0.25, 0.3) is 0 Å². The SMILES string of the molecule is CC(=O)Oc1ccc2cc1Oc1ccc(cc1)CCc1ccc(c3c1O[C@H]1C4=C(C[C@H]5C(C)(C)CCC[C@]5(C)C4)O[C@H]1O3)Oc1cccc(c1)CC2. The van der Waals surface area contributed by atoms with E-state index in [1.807, 2.05) is 42.5 Å². The Labute approximate surface area is 305 Å². The molecule has 0 saturated heterocycles. The molecule has 0 N–H and O–H groups in total. The number of esters is 1. The quantitative estimate of drug-likeness (QED) is 0.145. The molecule has 4 aromatic carbocycles. The van der Waals surface area contributed by atoms with Crippen molar-refractivity contribution in [3.05, 3.63) is 112 Å². The Morgan fingerprint density at radius 3 is 2.33 bits per heavy atom. The van der Waals surface area contributed by atoms with Gasteiger partial charge in [0.15, 0.2) is 29.1 Å². The van der Waals surface area contributed by atoms with Gasteiger partial charge in [-0.2, -0.15) is 0 Å². The summed E-state index contributed by atoms with van der Waals surface area (Å²) in [6, 6.07) is 26.1. The molecule has 268 valence electrons. The summed E-state index contributed by atoms with van der Waals surface area (Å²) in [7, 11) is 0. The summed E-state index contributed by atoms with van der Waals surface area (Å²) in [5, 5.41) is 0. The summed E-state index contributed by atoms with van der Waals surface area (Å²) in [6.45, 7) is 8.75. The van der Waals surface area contributed by atoms with Crippen LogP contribution in [0.15, 0.2) is 90.2 Å². The van der Waals surface area contributed by atoms with Crippen LogP contribution in [0, 0.1) is 16.7 Å². The molecule has 5 aliphatic heterocycles. The van der Waals surface area contributed by atoms with E-state index in [0.29, 0.717) is 34.7 Å². The maximum Gasteiger partial charge on any atom is 0.308 e. The Morgan fingerprint density at radius 1 is 0.731 bits per heavy atom. The molecule has 7 aliphatic rings. The summed E-state index contributed by atoms with van der Waals surface area (Å²) in [5.41, 5.74) is 6.20. The fourth-order valence-corrected chi connectivity index (χ4v) is 9.47. The fraction of sp³-hybridized carbons (Fsp3) is 0.400. The van der Waals surface area contributed by atoms with Crippen molar-refractivity contribution < 1.29 is 33.2 Å². The lowest BCUT2D eigenvalue weighted by Gasteiger charge is -2.53. The zero-order valence-electron chi connectivity index (χ0n) is 30.5. The average molecular weight is 699 g/mol. The molecular formula is C45H46O7. The summed E-state index contributed by atoms with van der Waals surface area (Å²) in [5.74, 6) is 5.52. The van der Waals surface area contributed by atoms with Crippen molar-refractivity contribution >= 4 is 5.97 Å². The standard InChI is InChI=1S/C45H46O7/c1-27(46)47-35-19-14-30-10-9-29-7-5-8-33(23-29)49-36-20-16-31(15-11-28-12-17-32(18-13-28)48-38(35)24-30)40-42(36)52-43-41(51-40)34-26-45(4)22-6-21-44(2,3)39(45)25-37(34)50-43/h5,7-8,12-14,16-20,23-24,39,41,43H,6,9-11,15,21-22,25-26H2,1-4H3/t39-,41-,43-,45+/m0/s1. The molecule has 1 saturated carbocycles. The topological polar surface area (TPSA) is 72.5 Å². The smallest absolute Gasteiger partial charge is 0.308 e. The molecule has 0 amide bonds. The lowest BCUT2D eigenvalue weighted by Crippen LogP contribution is -2.46. The van der Waals surface area contributed by atoms with Crippen molar-refractivity contribution in [1.29, 1.82) is 0 Å². The van der Waals surface area contributed by atoms with Gasteiger partial charge in [0.25, 0.3) is 6.29 Å². The largest absolute Gasteiger partial charge is 0.474 e. The van der Waals surface area contributed by atoms with Crippen LogP contribution in [0.1, 0.15) is 82.1 Å². The van der Waals surface area contributed by atoms with Crippen LogP contribution in [0.5, 0.6) is 40.2 Å². The number of carbonyl (C=O) groups excluding carboxylic acids is 1. The molecule has 1 fully saturated rings. The molecular weight excluding hydrogens is 652 g/mol. The van der Waals surface area contributed by atoms with Gasteiger partial charge in [-0.05, 0) is 126 Å². The first-order valence-corrected chi connectivity index (χ1v) is 18.8. The molecule has 4 aromatic rings. The first kappa shape index (κ1) is 33.0. The summed E-state index contributed by atoms with van der Waals surface area (Å²) < 4.78 is 38.9. The predicted octanol–water partition coefficient (Wildman–Crippen LogP) is 10.5. The first-order chi connectivity index (χ1) is 25.1. The van der Waals surface area contributed by atoms with Crippen LogP contribution < -0.4 is 23.7 Å². The van der Waals surface area contributed by atoms with Gasteiger partial charge in [-0.25, -0.2) is 0 Å². The number of aryl methyl sites for hydroxylation is 4. The number of carbonyl (C=O) groups is 1. The van der Waals surface area contributed by atoms with Gasteiger partial charge in [0.05, 0.1) is 0 Å². The van der Waals surface area contributed by atoms with Crippen LogP contribution >= 0.6 is 0 Å². The average Bonchev–Trinajstić information content (AvgIpc) is 3.45. The highest BCUT2D eigenvalue weighted by Crippen LogP contribution is 2.62. The van der Waals surface area contributed by atoms with Crippen LogP contribution in [0.4, 0.5) is 0 Å². The van der Waals surface area contributed by atoms with Gasteiger partial charge in [-0.15, -0.1) is 0 Å². The van der Waals surface area contributed by atoms with E-state index in [1.54, 1.807) is 6.07 Å². The van der Waals surface area contributed by atoms with Crippen molar-refractivity contribution in [2.24, 2.45) is 16.7 Å². The lowest BCUT2D eigenvalue weighted by molar-refractivity contribution is -0.132. The van der Waals surface area contributed by atoms with E-state index in [4.69, 9.17) is 28.4 Å². The third-order valence-corrected chi connectivity index (χ3v) is 12.1. The highest BCUT2D eigenvalue weighted by molar-refractivity contribution is 5.70. The molecule has 52 heavy (non-hydrogen) atoms. The van der Waals surface area contributed by atoms with Gasteiger partial charge in [-0.3, -0.25) is 4.79 Å². The second-order valence-corrected chi connectivity index (χ2v) is 16.3. The number of hydrogen-bond donors (Lipinski definition) is 0. The summed E-state index contributed by atoms with van der Waals surface area (Å²) >= 11 is 0. The molecule has 7 nitrogen and oxygen atoms in total. The Balaban J connectivity index is 1.06. The highest BCUT2D eigenvalue weighted by atomic mass is 16.7. The molecule has 11 rings (SSSR count). The first-order valence-electron chi connectivity index (χ1n) is 18.8. The Hall–Kier alpha value is -4.91. The van der Waals surface area contributed by atoms with Crippen LogP contribution in [-0.2, 0) is 35.2 Å².